The zero-order chi connectivity index (χ0) is 18.8. The van der Waals surface area contributed by atoms with Crippen molar-refractivity contribution in [1.82, 2.24) is 10.6 Å². The van der Waals surface area contributed by atoms with E-state index in [-0.39, 0.29) is 24.3 Å². The second-order valence-corrected chi connectivity index (χ2v) is 5.42. The van der Waals surface area contributed by atoms with Gasteiger partial charge in [-0.05, 0) is 36.4 Å². The first-order valence-electron chi connectivity index (χ1n) is 8.10. The van der Waals surface area contributed by atoms with E-state index >= 15 is 0 Å². The SMILES string of the molecule is COCCNC(=O)CNC(=O)c1ccc(NC(=O)c2ccccc2)cc1. The number of amides is 3. The Kier molecular flexibility index (Phi) is 7.32. The summed E-state index contributed by atoms with van der Waals surface area (Å²) in [5, 5.41) is 7.90. The Labute approximate surface area is 151 Å². The van der Waals surface area contributed by atoms with Crippen LogP contribution in [-0.4, -0.2) is 44.5 Å². The third kappa shape index (κ3) is 6.03. The molecular formula is C19H21N3O4. The van der Waals surface area contributed by atoms with Crippen LogP contribution < -0.4 is 16.0 Å². The summed E-state index contributed by atoms with van der Waals surface area (Å²) < 4.78 is 4.82. The average Bonchev–Trinajstić information content (AvgIpc) is 2.67. The minimum atomic E-state index is -0.368. The summed E-state index contributed by atoms with van der Waals surface area (Å²) in [6, 6.07) is 15.3. The zero-order valence-electron chi connectivity index (χ0n) is 14.5. The van der Waals surface area contributed by atoms with Gasteiger partial charge in [0, 0.05) is 30.5 Å². The van der Waals surface area contributed by atoms with Crippen molar-refractivity contribution in [2.75, 3.05) is 32.1 Å². The molecule has 26 heavy (non-hydrogen) atoms. The molecule has 0 aromatic heterocycles. The number of rotatable bonds is 8. The Bertz CT molecular complexity index is 745. The second-order valence-electron chi connectivity index (χ2n) is 5.42. The van der Waals surface area contributed by atoms with E-state index < -0.39 is 0 Å². The number of benzene rings is 2. The molecule has 0 saturated heterocycles. The molecule has 2 aromatic rings. The van der Waals surface area contributed by atoms with Gasteiger partial charge in [-0.2, -0.15) is 0 Å². The van der Waals surface area contributed by atoms with Gasteiger partial charge in [-0.25, -0.2) is 0 Å². The van der Waals surface area contributed by atoms with Crippen molar-refractivity contribution in [2.24, 2.45) is 0 Å². The number of carbonyl (C=O) groups is 3. The summed E-state index contributed by atoms with van der Waals surface area (Å²) in [5.41, 5.74) is 1.52. The van der Waals surface area contributed by atoms with Gasteiger partial charge in [0.25, 0.3) is 11.8 Å². The van der Waals surface area contributed by atoms with E-state index in [0.717, 1.165) is 0 Å². The highest BCUT2D eigenvalue weighted by Crippen LogP contribution is 2.11. The maximum Gasteiger partial charge on any atom is 0.255 e. The average molecular weight is 355 g/mol. The van der Waals surface area contributed by atoms with Crippen LogP contribution in [0.2, 0.25) is 0 Å². The first kappa shape index (κ1) is 19.1. The predicted molar refractivity (Wildman–Crippen MR) is 98.1 cm³/mol. The van der Waals surface area contributed by atoms with E-state index in [0.29, 0.717) is 30.0 Å². The summed E-state index contributed by atoms with van der Waals surface area (Å²) in [5.74, 6) is -0.884. The van der Waals surface area contributed by atoms with Gasteiger partial charge in [-0.3, -0.25) is 14.4 Å². The second kappa shape index (κ2) is 9.95. The molecule has 0 saturated carbocycles. The maximum atomic E-state index is 12.1. The van der Waals surface area contributed by atoms with Crippen molar-refractivity contribution in [3.05, 3.63) is 65.7 Å². The van der Waals surface area contributed by atoms with Gasteiger partial charge >= 0.3 is 0 Å². The minimum absolute atomic E-state index is 0.116. The van der Waals surface area contributed by atoms with E-state index in [2.05, 4.69) is 16.0 Å². The number of methoxy groups -OCH3 is 1. The molecule has 2 rings (SSSR count). The molecule has 3 N–H and O–H groups in total. The molecule has 0 atom stereocenters. The van der Waals surface area contributed by atoms with Gasteiger partial charge in [-0.1, -0.05) is 18.2 Å². The number of ether oxygens (including phenoxy) is 1. The van der Waals surface area contributed by atoms with Gasteiger partial charge in [0.1, 0.15) is 0 Å². The molecule has 3 amide bonds. The first-order chi connectivity index (χ1) is 12.6. The summed E-state index contributed by atoms with van der Waals surface area (Å²) in [6.45, 7) is 0.686. The highest BCUT2D eigenvalue weighted by Gasteiger charge is 2.09. The van der Waals surface area contributed by atoms with E-state index in [9.17, 15) is 14.4 Å². The summed E-state index contributed by atoms with van der Waals surface area (Å²) in [4.78, 5) is 35.6. The van der Waals surface area contributed by atoms with Crippen LogP contribution in [0.3, 0.4) is 0 Å². The van der Waals surface area contributed by atoms with Gasteiger partial charge in [0.05, 0.1) is 13.2 Å². The Hall–Kier alpha value is -3.19. The van der Waals surface area contributed by atoms with E-state index in [1.165, 1.54) is 0 Å². The number of nitrogens with one attached hydrogen (secondary N) is 3. The van der Waals surface area contributed by atoms with E-state index in [1.807, 2.05) is 6.07 Å². The van der Waals surface area contributed by atoms with Crippen molar-refractivity contribution in [1.29, 1.82) is 0 Å². The smallest absolute Gasteiger partial charge is 0.255 e. The molecule has 0 radical (unpaired) electrons. The molecular weight excluding hydrogens is 334 g/mol. The van der Waals surface area contributed by atoms with Crippen LogP contribution in [0, 0.1) is 0 Å². The fourth-order valence-electron chi connectivity index (χ4n) is 2.12. The van der Waals surface area contributed by atoms with E-state index in [4.69, 9.17) is 4.74 Å². The molecule has 7 heteroatoms. The van der Waals surface area contributed by atoms with Crippen LogP contribution in [0.15, 0.2) is 54.6 Å². The molecule has 0 aliphatic carbocycles. The monoisotopic (exact) mass is 355 g/mol. The fraction of sp³-hybridized carbons (Fsp3) is 0.211. The number of carbonyl (C=O) groups excluding carboxylic acids is 3. The number of anilines is 1. The van der Waals surface area contributed by atoms with Gasteiger partial charge in [-0.15, -0.1) is 0 Å². The van der Waals surface area contributed by atoms with Crippen LogP contribution in [-0.2, 0) is 9.53 Å². The normalized spacial score (nSPS) is 10.0. The molecule has 0 aliphatic heterocycles. The van der Waals surface area contributed by atoms with Gasteiger partial charge in [0.2, 0.25) is 5.91 Å². The molecule has 0 unspecified atom stereocenters. The van der Waals surface area contributed by atoms with Crippen LogP contribution in [0.5, 0.6) is 0 Å². The lowest BCUT2D eigenvalue weighted by Gasteiger charge is -2.08. The summed E-state index contributed by atoms with van der Waals surface area (Å²) >= 11 is 0. The predicted octanol–water partition coefficient (Wildman–Crippen LogP) is 1.43. The highest BCUT2D eigenvalue weighted by molar-refractivity contribution is 6.04. The minimum Gasteiger partial charge on any atom is -0.383 e. The maximum absolute atomic E-state index is 12.1. The zero-order valence-corrected chi connectivity index (χ0v) is 14.5. The standard InChI is InChI=1S/C19H21N3O4/c1-26-12-11-20-17(23)13-21-18(24)15-7-9-16(10-8-15)22-19(25)14-5-3-2-4-6-14/h2-10H,11-13H2,1H3,(H,20,23)(H,21,24)(H,22,25). The molecule has 2 aromatic carbocycles. The molecule has 136 valence electrons. The Morgan fingerprint density at radius 1 is 0.846 bits per heavy atom. The molecule has 0 fully saturated rings. The van der Waals surface area contributed by atoms with E-state index in [1.54, 1.807) is 55.6 Å². The Balaban J connectivity index is 1.83. The van der Waals surface area contributed by atoms with Crippen molar-refractivity contribution in [2.45, 2.75) is 0 Å². The molecule has 0 aliphatic rings. The Morgan fingerprint density at radius 2 is 1.50 bits per heavy atom. The highest BCUT2D eigenvalue weighted by atomic mass is 16.5. The number of hydrogen-bond donors (Lipinski definition) is 3. The quantitative estimate of drug-likeness (QED) is 0.624. The van der Waals surface area contributed by atoms with Gasteiger partial charge in [0.15, 0.2) is 0 Å². The summed E-state index contributed by atoms with van der Waals surface area (Å²) in [6.07, 6.45) is 0. The van der Waals surface area contributed by atoms with Crippen molar-refractivity contribution in [3.8, 4) is 0 Å². The van der Waals surface area contributed by atoms with Crippen molar-refractivity contribution >= 4 is 23.4 Å². The molecule has 0 bridgehead atoms. The summed E-state index contributed by atoms with van der Waals surface area (Å²) in [7, 11) is 1.54. The lowest BCUT2D eigenvalue weighted by Crippen LogP contribution is -2.38. The molecule has 7 nitrogen and oxygen atoms in total. The first-order valence-corrected chi connectivity index (χ1v) is 8.10. The largest absolute Gasteiger partial charge is 0.383 e. The van der Waals surface area contributed by atoms with Crippen LogP contribution in [0.25, 0.3) is 0 Å². The topological polar surface area (TPSA) is 96.5 Å². The Morgan fingerprint density at radius 3 is 2.15 bits per heavy atom. The van der Waals surface area contributed by atoms with Crippen LogP contribution >= 0.6 is 0 Å². The number of hydrogen-bond acceptors (Lipinski definition) is 4. The lowest BCUT2D eigenvalue weighted by molar-refractivity contribution is -0.120. The van der Waals surface area contributed by atoms with Crippen molar-refractivity contribution < 1.29 is 19.1 Å². The van der Waals surface area contributed by atoms with Crippen LogP contribution in [0.1, 0.15) is 20.7 Å². The third-order valence-corrected chi connectivity index (χ3v) is 3.48. The third-order valence-electron chi connectivity index (χ3n) is 3.48. The van der Waals surface area contributed by atoms with Crippen molar-refractivity contribution in [3.63, 3.8) is 0 Å². The fourth-order valence-corrected chi connectivity index (χ4v) is 2.12. The molecule has 0 heterocycles. The molecule has 0 spiro atoms. The lowest BCUT2D eigenvalue weighted by atomic mass is 10.1. The van der Waals surface area contributed by atoms with Gasteiger partial charge < -0.3 is 20.7 Å². The van der Waals surface area contributed by atoms with Crippen LogP contribution in [0.4, 0.5) is 5.69 Å².